The number of ether oxygens (including phenoxy) is 2. The molecule has 0 aromatic rings. The summed E-state index contributed by atoms with van der Waals surface area (Å²) >= 11 is 2.00. The van der Waals surface area contributed by atoms with E-state index in [0.717, 1.165) is 25.7 Å². The van der Waals surface area contributed by atoms with Gasteiger partial charge in [0.25, 0.3) is 0 Å². The van der Waals surface area contributed by atoms with Gasteiger partial charge in [-0.05, 0) is 37.2 Å². The van der Waals surface area contributed by atoms with E-state index in [1.165, 1.54) is 49.3 Å². The van der Waals surface area contributed by atoms with Crippen LogP contribution in [0, 0.1) is 0 Å². The lowest BCUT2D eigenvalue weighted by atomic mass is 10.2. The van der Waals surface area contributed by atoms with Gasteiger partial charge in [-0.2, -0.15) is 11.8 Å². The Bertz CT molecular complexity index is 310. The highest BCUT2D eigenvalue weighted by Crippen LogP contribution is 2.11. The van der Waals surface area contributed by atoms with E-state index in [0.29, 0.717) is 13.2 Å². The Balaban J connectivity index is 3.08. The fourth-order valence-electron chi connectivity index (χ4n) is 1.88. The molecule has 132 valence electrons. The monoisotopic (exact) mass is 342 g/mol. The molecule has 0 fully saturated rings. The predicted octanol–water partition coefficient (Wildman–Crippen LogP) is 4.30. The summed E-state index contributed by atoms with van der Waals surface area (Å²) in [5, 5.41) is 0. The zero-order valence-electron chi connectivity index (χ0n) is 14.1. The lowest BCUT2D eigenvalue weighted by molar-refractivity contribution is -0.138. The second-order valence-corrected chi connectivity index (χ2v) is 6.41. The third-order valence-electron chi connectivity index (χ3n) is 3.19. The summed E-state index contributed by atoms with van der Waals surface area (Å²) in [5.74, 6) is 1.73. The molecule has 0 aliphatic heterocycles. The van der Waals surface area contributed by atoms with E-state index in [1.807, 2.05) is 11.8 Å². The second kappa shape index (κ2) is 17.1. The number of carbonyl (C=O) groups excluding carboxylic acids is 2. The van der Waals surface area contributed by atoms with Gasteiger partial charge in [-0.1, -0.05) is 38.8 Å². The van der Waals surface area contributed by atoms with Crippen LogP contribution in [-0.2, 0) is 19.1 Å². The molecule has 0 unspecified atom stereocenters. The number of hydrogen-bond acceptors (Lipinski definition) is 5. The van der Waals surface area contributed by atoms with Gasteiger partial charge >= 0.3 is 11.9 Å². The van der Waals surface area contributed by atoms with Crippen LogP contribution in [0.15, 0.2) is 25.3 Å². The van der Waals surface area contributed by atoms with Crippen LogP contribution in [0.3, 0.4) is 0 Å². The molecule has 23 heavy (non-hydrogen) atoms. The van der Waals surface area contributed by atoms with Gasteiger partial charge in [-0.3, -0.25) is 0 Å². The third kappa shape index (κ3) is 17.0. The van der Waals surface area contributed by atoms with E-state index in [4.69, 9.17) is 9.47 Å². The van der Waals surface area contributed by atoms with Crippen molar-refractivity contribution in [2.75, 3.05) is 24.7 Å². The first-order valence-electron chi connectivity index (χ1n) is 8.37. The Hall–Kier alpha value is -1.23. The smallest absolute Gasteiger partial charge is 0.330 e. The first-order chi connectivity index (χ1) is 11.2. The molecule has 0 spiro atoms. The predicted molar refractivity (Wildman–Crippen MR) is 96.6 cm³/mol. The number of carbonyl (C=O) groups is 2. The maximum atomic E-state index is 10.8. The second-order valence-electron chi connectivity index (χ2n) is 5.18. The molecule has 0 heterocycles. The summed E-state index contributed by atoms with van der Waals surface area (Å²) in [6.07, 6.45) is 11.3. The van der Waals surface area contributed by atoms with Crippen LogP contribution >= 0.6 is 11.8 Å². The maximum Gasteiger partial charge on any atom is 0.330 e. The van der Waals surface area contributed by atoms with Crippen LogP contribution in [0.1, 0.15) is 51.4 Å². The van der Waals surface area contributed by atoms with Crippen molar-refractivity contribution in [1.82, 2.24) is 0 Å². The van der Waals surface area contributed by atoms with E-state index in [9.17, 15) is 9.59 Å². The minimum Gasteiger partial charge on any atom is -0.463 e. The summed E-state index contributed by atoms with van der Waals surface area (Å²) in [6, 6.07) is 0. The largest absolute Gasteiger partial charge is 0.463 e. The summed E-state index contributed by atoms with van der Waals surface area (Å²) in [7, 11) is 0. The number of unbranched alkanes of at least 4 members (excludes halogenated alkanes) is 6. The number of rotatable bonds is 16. The SMILES string of the molecule is C=CC(=O)OCCCCCCSCCCCCCOC(=O)C=C. The Morgan fingerprint density at radius 3 is 1.48 bits per heavy atom. The quantitative estimate of drug-likeness (QED) is 0.238. The molecule has 0 rings (SSSR count). The van der Waals surface area contributed by atoms with Crippen molar-refractivity contribution >= 4 is 23.7 Å². The first-order valence-corrected chi connectivity index (χ1v) is 9.52. The molecule has 0 N–H and O–H groups in total. The van der Waals surface area contributed by atoms with Gasteiger partial charge in [-0.25, -0.2) is 9.59 Å². The minimum atomic E-state index is -0.334. The Labute approximate surface area is 144 Å². The fourth-order valence-corrected chi connectivity index (χ4v) is 2.91. The molecule has 0 radical (unpaired) electrons. The van der Waals surface area contributed by atoms with Crippen LogP contribution in [0.4, 0.5) is 0 Å². The topological polar surface area (TPSA) is 52.6 Å². The molecule has 0 aromatic carbocycles. The zero-order chi connectivity index (χ0) is 17.2. The standard InChI is InChI=1S/C18H30O4S/c1-3-17(19)21-13-9-5-7-11-15-23-16-12-8-6-10-14-22-18(20)4-2/h3-4H,1-2,5-16H2. The number of esters is 2. The van der Waals surface area contributed by atoms with Gasteiger partial charge < -0.3 is 9.47 Å². The van der Waals surface area contributed by atoms with E-state index >= 15 is 0 Å². The van der Waals surface area contributed by atoms with Crippen molar-refractivity contribution in [2.45, 2.75) is 51.4 Å². The molecule has 0 aromatic heterocycles. The average Bonchev–Trinajstić information content (AvgIpc) is 2.57. The van der Waals surface area contributed by atoms with Crippen LogP contribution in [0.25, 0.3) is 0 Å². The van der Waals surface area contributed by atoms with Crippen LogP contribution < -0.4 is 0 Å². The fraction of sp³-hybridized carbons (Fsp3) is 0.667. The molecule has 0 aliphatic rings. The highest BCUT2D eigenvalue weighted by Gasteiger charge is 1.97. The first kappa shape index (κ1) is 21.8. The van der Waals surface area contributed by atoms with Gasteiger partial charge in [0.15, 0.2) is 0 Å². The van der Waals surface area contributed by atoms with E-state index in [2.05, 4.69) is 13.2 Å². The van der Waals surface area contributed by atoms with Gasteiger partial charge in [0.1, 0.15) is 0 Å². The van der Waals surface area contributed by atoms with Gasteiger partial charge in [0.05, 0.1) is 13.2 Å². The van der Waals surface area contributed by atoms with Gasteiger partial charge in [0, 0.05) is 12.2 Å². The highest BCUT2D eigenvalue weighted by molar-refractivity contribution is 7.99. The van der Waals surface area contributed by atoms with Gasteiger partial charge in [0.2, 0.25) is 0 Å². The van der Waals surface area contributed by atoms with E-state index in [-0.39, 0.29) is 11.9 Å². The molecular formula is C18H30O4S. The molecule has 0 saturated carbocycles. The number of thioether (sulfide) groups is 1. The summed E-state index contributed by atoms with van der Waals surface area (Å²) in [5.41, 5.74) is 0. The minimum absolute atomic E-state index is 0.334. The van der Waals surface area contributed by atoms with Crippen molar-refractivity contribution in [2.24, 2.45) is 0 Å². The van der Waals surface area contributed by atoms with Crippen LogP contribution in [0.2, 0.25) is 0 Å². The molecule has 4 nitrogen and oxygen atoms in total. The molecule has 0 bridgehead atoms. The number of hydrogen-bond donors (Lipinski definition) is 0. The molecule has 0 saturated heterocycles. The van der Waals surface area contributed by atoms with Crippen molar-refractivity contribution in [3.8, 4) is 0 Å². The van der Waals surface area contributed by atoms with Crippen molar-refractivity contribution in [3.05, 3.63) is 25.3 Å². The van der Waals surface area contributed by atoms with Crippen molar-refractivity contribution in [1.29, 1.82) is 0 Å². The molecule has 5 heteroatoms. The van der Waals surface area contributed by atoms with Gasteiger partial charge in [-0.15, -0.1) is 0 Å². The van der Waals surface area contributed by atoms with Crippen molar-refractivity contribution in [3.63, 3.8) is 0 Å². The maximum absolute atomic E-state index is 10.8. The lowest BCUT2D eigenvalue weighted by Gasteiger charge is -2.04. The summed E-state index contributed by atoms with van der Waals surface area (Å²) in [4.78, 5) is 21.6. The molecule has 0 amide bonds. The summed E-state index contributed by atoms with van der Waals surface area (Å²) < 4.78 is 9.83. The van der Waals surface area contributed by atoms with Crippen LogP contribution in [0.5, 0.6) is 0 Å². The summed E-state index contributed by atoms with van der Waals surface area (Å²) in [6.45, 7) is 7.71. The Morgan fingerprint density at radius 2 is 1.09 bits per heavy atom. The molecule has 0 aliphatic carbocycles. The van der Waals surface area contributed by atoms with E-state index < -0.39 is 0 Å². The van der Waals surface area contributed by atoms with E-state index in [1.54, 1.807) is 0 Å². The normalized spacial score (nSPS) is 10.1. The Kier molecular flexibility index (Phi) is 16.2. The van der Waals surface area contributed by atoms with Crippen LogP contribution in [-0.4, -0.2) is 36.7 Å². The molecule has 0 atom stereocenters. The van der Waals surface area contributed by atoms with Crippen molar-refractivity contribution < 1.29 is 19.1 Å². The Morgan fingerprint density at radius 1 is 0.696 bits per heavy atom. The highest BCUT2D eigenvalue weighted by atomic mass is 32.2. The lowest BCUT2D eigenvalue weighted by Crippen LogP contribution is -2.01. The third-order valence-corrected chi connectivity index (χ3v) is 4.34. The average molecular weight is 343 g/mol. The zero-order valence-corrected chi connectivity index (χ0v) is 14.9. The molecular weight excluding hydrogens is 312 g/mol.